The summed E-state index contributed by atoms with van der Waals surface area (Å²) in [5.74, 6) is -1.58. The molecule has 2 aliphatic rings. The summed E-state index contributed by atoms with van der Waals surface area (Å²) in [4.78, 5) is 24.4. The zero-order valence-corrected chi connectivity index (χ0v) is 14.3. The molecule has 0 spiro atoms. The molecule has 0 aromatic carbocycles. The Kier molecular flexibility index (Phi) is 4.54. The van der Waals surface area contributed by atoms with E-state index in [0.717, 1.165) is 16.4 Å². The summed E-state index contributed by atoms with van der Waals surface area (Å²) < 4.78 is 31.6. The third-order valence-electron chi connectivity index (χ3n) is 3.29. The largest absolute Gasteiger partial charge is 0.477 e. The third kappa shape index (κ3) is 3.40. The Hall–Kier alpha value is -1.64. The van der Waals surface area contributed by atoms with E-state index in [1.807, 2.05) is 0 Å². The summed E-state index contributed by atoms with van der Waals surface area (Å²) in [6.45, 7) is 0. The number of fused-ring (bicyclic) bond motifs is 1. The number of carbonyl (C=O) groups excluding carboxylic acids is 1. The number of carbonyl (C=O) groups is 2. The van der Waals surface area contributed by atoms with Crippen LogP contribution in [0.15, 0.2) is 16.4 Å². The standard InChI is InChI=1S/C10H11N5O6S3/c16-6-1-7-15(6)8(9(17)18)5(2-22-7)3-23-10-11-12-13-14(10)4-24(19,20)21/h7H,1-4H2,(H,17,18)(H,19,20,21)/t7-/m1/s1. The van der Waals surface area contributed by atoms with Gasteiger partial charge in [-0.25, -0.2) is 9.48 Å². The van der Waals surface area contributed by atoms with Gasteiger partial charge in [0.2, 0.25) is 11.1 Å². The van der Waals surface area contributed by atoms with E-state index < -0.39 is 22.0 Å². The molecule has 0 bridgehead atoms. The fraction of sp³-hybridized carbons (Fsp3) is 0.500. The molecule has 0 saturated carbocycles. The highest BCUT2D eigenvalue weighted by Gasteiger charge is 2.45. The van der Waals surface area contributed by atoms with Gasteiger partial charge in [0.25, 0.3) is 10.1 Å². The predicted octanol–water partition coefficient (Wildman–Crippen LogP) is -0.746. The van der Waals surface area contributed by atoms with Gasteiger partial charge in [0.05, 0.1) is 11.8 Å². The number of thioether (sulfide) groups is 2. The highest BCUT2D eigenvalue weighted by molar-refractivity contribution is 8.01. The van der Waals surface area contributed by atoms with Crippen LogP contribution >= 0.6 is 23.5 Å². The quantitative estimate of drug-likeness (QED) is 0.356. The van der Waals surface area contributed by atoms with E-state index in [0.29, 0.717) is 17.7 Å². The highest BCUT2D eigenvalue weighted by Crippen LogP contribution is 2.41. The Morgan fingerprint density at radius 2 is 2.21 bits per heavy atom. The molecule has 24 heavy (non-hydrogen) atoms. The van der Waals surface area contributed by atoms with Gasteiger partial charge in [-0.3, -0.25) is 14.2 Å². The molecule has 0 unspecified atom stereocenters. The van der Waals surface area contributed by atoms with Gasteiger partial charge in [-0.2, -0.15) is 8.42 Å². The Labute approximate surface area is 144 Å². The molecule has 0 radical (unpaired) electrons. The number of rotatable bonds is 6. The van der Waals surface area contributed by atoms with Crippen molar-refractivity contribution in [2.24, 2.45) is 0 Å². The molecule has 2 N–H and O–H groups in total. The molecule has 1 aromatic rings. The highest BCUT2D eigenvalue weighted by atomic mass is 32.2. The lowest BCUT2D eigenvalue weighted by Crippen LogP contribution is -2.54. The second-order valence-corrected chi connectivity index (χ2v) is 8.48. The van der Waals surface area contributed by atoms with Crippen LogP contribution in [0, 0.1) is 0 Å². The Morgan fingerprint density at radius 1 is 1.46 bits per heavy atom. The maximum atomic E-state index is 11.6. The van der Waals surface area contributed by atoms with E-state index in [1.165, 1.54) is 16.7 Å². The number of carboxylic acid groups (broad SMARTS) is 1. The van der Waals surface area contributed by atoms with E-state index >= 15 is 0 Å². The summed E-state index contributed by atoms with van der Waals surface area (Å²) in [7, 11) is -4.31. The predicted molar refractivity (Wildman–Crippen MR) is 82.5 cm³/mol. The third-order valence-corrected chi connectivity index (χ3v) is 6.19. The van der Waals surface area contributed by atoms with Crippen molar-refractivity contribution in [1.82, 2.24) is 25.1 Å². The number of β-lactam (4-membered cyclic amide) rings is 1. The maximum Gasteiger partial charge on any atom is 0.352 e. The number of hydrogen-bond acceptors (Lipinski definition) is 9. The van der Waals surface area contributed by atoms with Gasteiger partial charge in [0, 0.05) is 11.5 Å². The number of aliphatic carboxylic acids is 1. The maximum absolute atomic E-state index is 11.6. The SMILES string of the molecule is O=C(O)C1=C(CSc2nnnn2CS(=O)(=O)O)CS[C@@H]2CC(=O)N12. The van der Waals surface area contributed by atoms with Crippen molar-refractivity contribution in [2.45, 2.75) is 22.8 Å². The number of tetrazole rings is 1. The van der Waals surface area contributed by atoms with Crippen LogP contribution in [-0.4, -0.2) is 71.9 Å². The first-order valence-corrected chi connectivity index (χ1v) is 10.1. The molecule has 1 atom stereocenters. The van der Waals surface area contributed by atoms with Crippen LogP contribution in [0.3, 0.4) is 0 Å². The molecule has 2 aliphatic heterocycles. The van der Waals surface area contributed by atoms with Crippen LogP contribution in [0.1, 0.15) is 6.42 Å². The molecule has 1 aromatic heterocycles. The van der Waals surface area contributed by atoms with E-state index in [9.17, 15) is 23.1 Å². The molecule has 130 valence electrons. The molecule has 1 fully saturated rings. The number of hydrogen-bond donors (Lipinski definition) is 2. The smallest absolute Gasteiger partial charge is 0.352 e. The van der Waals surface area contributed by atoms with Crippen LogP contribution in [0.5, 0.6) is 0 Å². The van der Waals surface area contributed by atoms with Gasteiger partial charge in [-0.1, -0.05) is 11.8 Å². The minimum atomic E-state index is -4.31. The first kappa shape index (κ1) is 17.2. The fourth-order valence-corrected chi connectivity index (χ4v) is 5.12. The lowest BCUT2D eigenvalue weighted by Gasteiger charge is -2.43. The molecular weight excluding hydrogens is 382 g/mol. The fourth-order valence-electron chi connectivity index (χ4n) is 2.28. The van der Waals surface area contributed by atoms with Crippen LogP contribution in [0.25, 0.3) is 0 Å². The molecule has 1 amide bonds. The molecule has 3 heterocycles. The first-order chi connectivity index (χ1) is 11.3. The van der Waals surface area contributed by atoms with Crippen molar-refractivity contribution in [3.8, 4) is 0 Å². The second-order valence-electron chi connectivity index (χ2n) is 4.95. The molecular formula is C10H11N5O6S3. The van der Waals surface area contributed by atoms with E-state index in [4.69, 9.17) is 4.55 Å². The van der Waals surface area contributed by atoms with Crippen LogP contribution in [-0.2, 0) is 25.6 Å². The molecule has 0 aliphatic carbocycles. The van der Waals surface area contributed by atoms with Crippen molar-refractivity contribution in [1.29, 1.82) is 0 Å². The minimum Gasteiger partial charge on any atom is -0.477 e. The summed E-state index contributed by atoms with van der Waals surface area (Å²) in [6.07, 6.45) is 0.328. The van der Waals surface area contributed by atoms with Gasteiger partial charge < -0.3 is 5.11 Å². The number of aromatic nitrogens is 4. The lowest BCUT2D eigenvalue weighted by molar-refractivity contribution is -0.146. The summed E-state index contributed by atoms with van der Waals surface area (Å²) >= 11 is 2.50. The summed E-state index contributed by atoms with van der Waals surface area (Å²) in [6, 6.07) is 0. The van der Waals surface area contributed by atoms with E-state index in [1.54, 1.807) is 0 Å². The zero-order valence-electron chi connectivity index (χ0n) is 11.9. The second kappa shape index (κ2) is 6.34. The van der Waals surface area contributed by atoms with Crippen molar-refractivity contribution in [3.63, 3.8) is 0 Å². The zero-order chi connectivity index (χ0) is 17.5. The molecule has 14 heteroatoms. The van der Waals surface area contributed by atoms with E-state index in [-0.39, 0.29) is 27.9 Å². The van der Waals surface area contributed by atoms with Gasteiger partial charge in [-0.15, -0.1) is 16.9 Å². The monoisotopic (exact) mass is 393 g/mol. The van der Waals surface area contributed by atoms with Crippen LogP contribution < -0.4 is 0 Å². The van der Waals surface area contributed by atoms with Crippen LogP contribution in [0.2, 0.25) is 0 Å². The topological polar surface area (TPSA) is 156 Å². The molecule has 11 nitrogen and oxygen atoms in total. The van der Waals surface area contributed by atoms with Crippen LogP contribution in [0.4, 0.5) is 0 Å². The Morgan fingerprint density at radius 3 is 2.83 bits per heavy atom. The van der Waals surface area contributed by atoms with Gasteiger partial charge >= 0.3 is 5.97 Å². The summed E-state index contributed by atoms with van der Waals surface area (Å²) in [5.41, 5.74) is 0.500. The number of amides is 1. The average Bonchev–Trinajstić information content (AvgIpc) is 2.89. The average molecular weight is 393 g/mol. The Balaban J connectivity index is 1.78. The van der Waals surface area contributed by atoms with Crippen molar-refractivity contribution in [3.05, 3.63) is 11.3 Å². The lowest BCUT2D eigenvalue weighted by atomic mass is 10.1. The minimum absolute atomic E-state index is 0.0312. The van der Waals surface area contributed by atoms with Gasteiger partial charge in [0.1, 0.15) is 5.70 Å². The molecule has 1 saturated heterocycles. The number of carboxylic acids is 1. The number of nitrogens with zero attached hydrogens (tertiary/aromatic N) is 5. The van der Waals surface area contributed by atoms with Crippen molar-refractivity contribution < 1.29 is 27.7 Å². The summed E-state index contributed by atoms with van der Waals surface area (Å²) in [5, 5.41) is 19.8. The van der Waals surface area contributed by atoms with Gasteiger partial charge in [-0.05, 0) is 16.0 Å². The molecule has 3 rings (SSSR count). The van der Waals surface area contributed by atoms with E-state index in [2.05, 4.69) is 15.5 Å². The first-order valence-electron chi connectivity index (χ1n) is 6.49. The van der Waals surface area contributed by atoms with Crippen molar-refractivity contribution >= 4 is 45.5 Å². The van der Waals surface area contributed by atoms with Gasteiger partial charge in [0.15, 0.2) is 5.88 Å². The normalized spacial score (nSPS) is 20.8. The van der Waals surface area contributed by atoms with Crippen molar-refractivity contribution in [2.75, 3.05) is 11.5 Å². The Bertz CT molecular complexity index is 834.